The summed E-state index contributed by atoms with van der Waals surface area (Å²) in [4.78, 5) is 22.3. The van der Waals surface area contributed by atoms with Crippen LogP contribution in [0.5, 0.6) is 0 Å². The molecule has 0 saturated heterocycles. The Morgan fingerprint density at radius 1 is 1.32 bits per heavy atom. The zero-order chi connectivity index (χ0) is 15.2. The molecule has 0 aliphatic rings. The molecule has 0 heterocycles. The molecule has 19 heavy (non-hydrogen) atoms. The maximum Gasteiger partial charge on any atom is 0.416 e. The standard InChI is InChI=1S/C10H18F3N3O3/c1-5(2)3-6(16-9(14)19)8(18)15-4-7(17)10(11,12)13/h5-7,17H,3-4H2,1-2H3,(H,15,18)(H3,14,16,19). The van der Waals surface area contributed by atoms with Crippen LogP contribution < -0.4 is 16.4 Å². The summed E-state index contributed by atoms with van der Waals surface area (Å²) in [6.45, 7) is 2.57. The van der Waals surface area contributed by atoms with Crippen LogP contribution in [0.15, 0.2) is 0 Å². The summed E-state index contributed by atoms with van der Waals surface area (Å²) in [5, 5.41) is 12.8. The summed E-state index contributed by atoms with van der Waals surface area (Å²) in [5.41, 5.74) is 4.87. The Kier molecular flexibility index (Phi) is 6.60. The molecule has 0 radical (unpaired) electrons. The highest BCUT2D eigenvalue weighted by atomic mass is 19.4. The van der Waals surface area contributed by atoms with E-state index >= 15 is 0 Å². The molecule has 0 aromatic rings. The van der Waals surface area contributed by atoms with Crippen LogP contribution in [0.25, 0.3) is 0 Å². The molecule has 112 valence electrons. The topological polar surface area (TPSA) is 104 Å². The first-order valence-corrected chi connectivity index (χ1v) is 5.62. The highest BCUT2D eigenvalue weighted by molar-refractivity contribution is 5.86. The van der Waals surface area contributed by atoms with Gasteiger partial charge in [0.1, 0.15) is 6.04 Å². The lowest BCUT2D eigenvalue weighted by Gasteiger charge is -2.21. The smallest absolute Gasteiger partial charge is 0.382 e. The first-order valence-electron chi connectivity index (χ1n) is 5.62. The molecule has 0 aromatic carbocycles. The van der Waals surface area contributed by atoms with Crippen LogP contribution in [0.2, 0.25) is 0 Å². The van der Waals surface area contributed by atoms with E-state index < -0.39 is 36.8 Å². The molecule has 9 heteroatoms. The summed E-state index contributed by atoms with van der Waals surface area (Å²) in [6, 6.07) is -1.98. The van der Waals surface area contributed by atoms with Gasteiger partial charge >= 0.3 is 12.2 Å². The number of hydrogen-bond donors (Lipinski definition) is 4. The van der Waals surface area contributed by atoms with Crippen molar-refractivity contribution in [3.8, 4) is 0 Å². The van der Waals surface area contributed by atoms with Gasteiger partial charge in [0.25, 0.3) is 0 Å². The number of alkyl halides is 3. The van der Waals surface area contributed by atoms with Gasteiger partial charge in [-0.25, -0.2) is 4.79 Å². The molecule has 0 aliphatic carbocycles. The number of rotatable bonds is 6. The second-order valence-corrected chi connectivity index (χ2v) is 4.49. The number of aliphatic hydroxyl groups is 1. The van der Waals surface area contributed by atoms with Crippen molar-refractivity contribution < 1.29 is 27.9 Å². The van der Waals surface area contributed by atoms with E-state index in [1.54, 1.807) is 13.8 Å². The molecule has 2 atom stereocenters. The number of carbonyl (C=O) groups is 2. The number of hydrogen-bond acceptors (Lipinski definition) is 3. The number of nitrogens with one attached hydrogen (secondary N) is 2. The molecule has 6 nitrogen and oxygen atoms in total. The molecular formula is C10H18F3N3O3. The van der Waals surface area contributed by atoms with Crippen LogP contribution in [-0.2, 0) is 4.79 Å². The average molecular weight is 285 g/mol. The molecule has 5 N–H and O–H groups in total. The van der Waals surface area contributed by atoms with Crippen LogP contribution in [0, 0.1) is 5.92 Å². The van der Waals surface area contributed by atoms with E-state index in [1.807, 2.05) is 5.32 Å². The van der Waals surface area contributed by atoms with Crippen LogP contribution in [0.4, 0.5) is 18.0 Å². The Morgan fingerprint density at radius 2 is 1.84 bits per heavy atom. The van der Waals surface area contributed by atoms with E-state index in [9.17, 15) is 22.8 Å². The zero-order valence-electron chi connectivity index (χ0n) is 10.6. The molecule has 0 bridgehead atoms. The summed E-state index contributed by atoms with van der Waals surface area (Å²) < 4.78 is 36.1. The Bertz CT molecular complexity index is 321. The fourth-order valence-corrected chi connectivity index (χ4v) is 1.31. The van der Waals surface area contributed by atoms with Gasteiger partial charge < -0.3 is 21.5 Å². The van der Waals surface area contributed by atoms with Crippen molar-refractivity contribution in [2.24, 2.45) is 11.7 Å². The fourth-order valence-electron chi connectivity index (χ4n) is 1.31. The number of halogens is 3. The van der Waals surface area contributed by atoms with Gasteiger partial charge in [0, 0.05) is 0 Å². The quantitative estimate of drug-likeness (QED) is 0.556. The minimum absolute atomic E-state index is 0.0233. The van der Waals surface area contributed by atoms with Crippen molar-refractivity contribution in [3.05, 3.63) is 0 Å². The number of nitrogens with two attached hydrogens (primary N) is 1. The molecule has 0 saturated carbocycles. The average Bonchev–Trinajstić information content (AvgIpc) is 2.21. The molecule has 0 rings (SSSR count). The van der Waals surface area contributed by atoms with Gasteiger partial charge in [-0.2, -0.15) is 13.2 Å². The number of carbonyl (C=O) groups excluding carboxylic acids is 2. The molecule has 3 amide bonds. The Balaban J connectivity index is 4.43. The first kappa shape index (κ1) is 17.5. The van der Waals surface area contributed by atoms with Crippen LogP contribution >= 0.6 is 0 Å². The minimum atomic E-state index is -4.81. The molecule has 2 unspecified atom stereocenters. The van der Waals surface area contributed by atoms with E-state index in [0.717, 1.165) is 0 Å². The summed E-state index contributed by atoms with van der Waals surface area (Å²) in [6.07, 6.45) is -7.24. The number of primary amides is 1. The van der Waals surface area contributed by atoms with Crippen LogP contribution in [-0.4, -0.2) is 41.9 Å². The Hall–Kier alpha value is -1.51. The third-order valence-electron chi connectivity index (χ3n) is 2.19. The highest BCUT2D eigenvalue weighted by Crippen LogP contribution is 2.19. The normalized spacial score (nSPS) is 14.9. The zero-order valence-corrected chi connectivity index (χ0v) is 10.6. The number of aliphatic hydroxyl groups excluding tert-OH is 1. The van der Waals surface area contributed by atoms with Gasteiger partial charge in [-0.3, -0.25) is 4.79 Å². The third-order valence-corrected chi connectivity index (χ3v) is 2.19. The lowest BCUT2D eigenvalue weighted by atomic mass is 10.0. The largest absolute Gasteiger partial charge is 0.416 e. The van der Waals surface area contributed by atoms with Crippen molar-refractivity contribution in [2.75, 3.05) is 6.54 Å². The summed E-state index contributed by atoms with van der Waals surface area (Å²) in [7, 11) is 0. The van der Waals surface area contributed by atoms with Crippen molar-refractivity contribution >= 4 is 11.9 Å². The number of amides is 3. The van der Waals surface area contributed by atoms with Gasteiger partial charge in [-0.05, 0) is 12.3 Å². The summed E-state index contributed by atoms with van der Waals surface area (Å²) >= 11 is 0. The van der Waals surface area contributed by atoms with Gasteiger partial charge in [0.2, 0.25) is 5.91 Å². The predicted molar refractivity (Wildman–Crippen MR) is 61.0 cm³/mol. The lowest BCUT2D eigenvalue weighted by Crippen LogP contribution is -2.51. The monoisotopic (exact) mass is 285 g/mol. The van der Waals surface area contributed by atoms with Gasteiger partial charge in [0.15, 0.2) is 6.10 Å². The first-order chi connectivity index (χ1) is 8.54. The molecule has 0 aromatic heterocycles. The fraction of sp³-hybridized carbons (Fsp3) is 0.800. The molecule has 0 spiro atoms. The van der Waals surface area contributed by atoms with Crippen LogP contribution in [0.1, 0.15) is 20.3 Å². The lowest BCUT2D eigenvalue weighted by molar-refractivity contribution is -0.201. The molecule has 0 fully saturated rings. The van der Waals surface area contributed by atoms with Gasteiger partial charge in [-0.1, -0.05) is 13.8 Å². The number of urea groups is 1. The van der Waals surface area contributed by atoms with Crippen molar-refractivity contribution in [3.63, 3.8) is 0 Å². The SMILES string of the molecule is CC(C)CC(NC(N)=O)C(=O)NCC(O)C(F)(F)F. The van der Waals surface area contributed by atoms with Crippen molar-refractivity contribution in [1.29, 1.82) is 0 Å². The molecular weight excluding hydrogens is 267 g/mol. The summed E-state index contributed by atoms with van der Waals surface area (Å²) in [5.74, 6) is -0.800. The predicted octanol–water partition coefficient (Wildman–Crippen LogP) is 0.109. The van der Waals surface area contributed by atoms with Crippen molar-refractivity contribution in [1.82, 2.24) is 10.6 Å². The third kappa shape index (κ3) is 7.50. The highest BCUT2D eigenvalue weighted by Gasteiger charge is 2.38. The maximum absolute atomic E-state index is 12.0. The van der Waals surface area contributed by atoms with E-state index in [1.165, 1.54) is 0 Å². The maximum atomic E-state index is 12.0. The van der Waals surface area contributed by atoms with E-state index in [0.29, 0.717) is 0 Å². The second-order valence-electron chi connectivity index (χ2n) is 4.49. The van der Waals surface area contributed by atoms with Crippen molar-refractivity contribution in [2.45, 2.75) is 38.6 Å². The van der Waals surface area contributed by atoms with Gasteiger partial charge in [-0.15, -0.1) is 0 Å². The second kappa shape index (κ2) is 7.17. The van der Waals surface area contributed by atoms with E-state index in [-0.39, 0.29) is 12.3 Å². The minimum Gasteiger partial charge on any atom is -0.382 e. The van der Waals surface area contributed by atoms with Gasteiger partial charge in [0.05, 0.1) is 6.54 Å². The molecule has 0 aliphatic heterocycles. The van der Waals surface area contributed by atoms with Crippen LogP contribution in [0.3, 0.4) is 0 Å². The Morgan fingerprint density at radius 3 is 2.21 bits per heavy atom. The van der Waals surface area contributed by atoms with E-state index in [2.05, 4.69) is 5.32 Å². The Labute approximate surface area is 108 Å². The van der Waals surface area contributed by atoms with E-state index in [4.69, 9.17) is 10.8 Å².